The highest BCUT2D eigenvalue weighted by Crippen LogP contribution is 2.34. The third-order valence-electron chi connectivity index (χ3n) is 3.50. The number of aliphatic hydroxyl groups is 2. The topological polar surface area (TPSA) is 40.5 Å². The Balaban J connectivity index is 2.49. The van der Waals surface area contributed by atoms with Gasteiger partial charge in [-0.1, -0.05) is 26.7 Å². The fourth-order valence-electron chi connectivity index (χ4n) is 2.49. The Hall–Kier alpha value is -0.0800. The predicted octanol–water partition coefficient (Wildman–Crippen LogP) is 1.80. The van der Waals surface area contributed by atoms with Crippen molar-refractivity contribution in [3.05, 3.63) is 0 Å². The Morgan fingerprint density at radius 2 is 2.08 bits per heavy atom. The van der Waals surface area contributed by atoms with Crippen LogP contribution in [0, 0.1) is 17.8 Å². The quantitative estimate of drug-likeness (QED) is 0.705. The van der Waals surface area contributed by atoms with E-state index in [0.29, 0.717) is 17.8 Å². The molecule has 0 amide bonds. The highest BCUT2D eigenvalue weighted by Gasteiger charge is 2.31. The van der Waals surface area contributed by atoms with E-state index in [1.54, 1.807) is 0 Å². The summed E-state index contributed by atoms with van der Waals surface area (Å²) in [5, 5.41) is 19.0. The maximum Gasteiger partial charge on any atom is 0.0574 e. The summed E-state index contributed by atoms with van der Waals surface area (Å²) in [6.07, 6.45) is 4.01. The maximum absolute atomic E-state index is 9.86. The second-order valence-electron chi connectivity index (χ2n) is 4.50. The Kier molecular flexibility index (Phi) is 4.20. The SMILES string of the molecule is CCC(CO)[C@@H]1CC[C@@H](C)C[C@H]1O. The average Bonchev–Trinajstić information content (AvgIpc) is 2.10. The molecule has 0 heterocycles. The predicted molar refractivity (Wildman–Crippen MR) is 53.4 cm³/mol. The van der Waals surface area contributed by atoms with Gasteiger partial charge in [-0.2, -0.15) is 0 Å². The van der Waals surface area contributed by atoms with E-state index in [0.717, 1.165) is 19.3 Å². The molecular formula is C11H22O2. The van der Waals surface area contributed by atoms with Crippen LogP contribution < -0.4 is 0 Å². The lowest BCUT2D eigenvalue weighted by molar-refractivity contribution is 0.00157. The second-order valence-corrected chi connectivity index (χ2v) is 4.50. The summed E-state index contributed by atoms with van der Waals surface area (Å²) in [5.74, 6) is 1.30. The molecule has 1 aliphatic rings. The van der Waals surface area contributed by atoms with Crippen molar-refractivity contribution in [3.8, 4) is 0 Å². The summed E-state index contributed by atoms with van der Waals surface area (Å²) in [4.78, 5) is 0. The normalized spacial score (nSPS) is 37.4. The third-order valence-corrected chi connectivity index (χ3v) is 3.50. The Morgan fingerprint density at radius 1 is 1.38 bits per heavy atom. The maximum atomic E-state index is 9.86. The molecule has 0 aromatic rings. The van der Waals surface area contributed by atoms with Gasteiger partial charge in [-0.05, 0) is 30.6 Å². The lowest BCUT2D eigenvalue weighted by Gasteiger charge is -2.35. The van der Waals surface area contributed by atoms with Gasteiger partial charge in [0.15, 0.2) is 0 Å². The van der Waals surface area contributed by atoms with Crippen LogP contribution in [0.3, 0.4) is 0 Å². The lowest BCUT2D eigenvalue weighted by Crippen LogP contribution is -2.35. The summed E-state index contributed by atoms with van der Waals surface area (Å²) < 4.78 is 0. The summed E-state index contributed by atoms with van der Waals surface area (Å²) in [5.41, 5.74) is 0. The van der Waals surface area contributed by atoms with E-state index in [1.807, 2.05) is 0 Å². The molecule has 2 heteroatoms. The first-order chi connectivity index (χ1) is 6.19. The van der Waals surface area contributed by atoms with Crippen LogP contribution in [0.2, 0.25) is 0 Å². The van der Waals surface area contributed by atoms with Crippen LogP contribution >= 0.6 is 0 Å². The van der Waals surface area contributed by atoms with Crippen molar-refractivity contribution < 1.29 is 10.2 Å². The Labute approximate surface area is 81.0 Å². The van der Waals surface area contributed by atoms with Gasteiger partial charge in [-0.3, -0.25) is 0 Å². The van der Waals surface area contributed by atoms with Gasteiger partial charge in [0.1, 0.15) is 0 Å². The van der Waals surface area contributed by atoms with Gasteiger partial charge in [0, 0.05) is 6.61 Å². The van der Waals surface area contributed by atoms with Gasteiger partial charge in [0.25, 0.3) is 0 Å². The van der Waals surface area contributed by atoms with E-state index < -0.39 is 0 Å². The van der Waals surface area contributed by atoms with Crippen LogP contribution in [0.4, 0.5) is 0 Å². The molecule has 2 nitrogen and oxygen atoms in total. The fraction of sp³-hybridized carbons (Fsp3) is 1.00. The van der Waals surface area contributed by atoms with Crippen molar-refractivity contribution in [3.63, 3.8) is 0 Å². The van der Waals surface area contributed by atoms with Gasteiger partial charge in [0.05, 0.1) is 6.10 Å². The average molecular weight is 186 g/mol. The minimum Gasteiger partial charge on any atom is -0.396 e. The minimum absolute atomic E-state index is 0.180. The molecule has 0 aromatic heterocycles. The Bertz CT molecular complexity index is 143. The summed E-state index contributed by atoms with van der Waals surface area (Å²) in [6.45, 7) is 4.51. The zero-order valence-corrected chi connectivity index (χ0v) is 8.74. The summed E-state index contributed by atoms with van der Waals surface area (Å²) >= 11 is 0. The summed E-state index contributed by atoms with van der Waals surface area (Å²) in [7, 11) is 0. The zero-order valence-electron chi connectivity index (χ0n) is 8.74. The standard InChI is InChI=1S/C11H22O2/c1-3-9(7-12)10-5-4-8(2)6-11(10)13/h8-13H,3-7H2,1-2H3/t8-,9?,10+,11-/m1/s1. The molecule has 0 aliphatic heterocycles. The van der Waals surface area contributed by atoms with E-state index in [2.05, 4.69) is 13.8 Å². The second kappa shape index (κ2) is 4.97. The van der Waals surface area contributed by atoms with Crippen molar-refractivity contribution in [1.82, 2.24) is 0 Å². The van der Waals surface area contributed by atoms with Gasteiger partial charge < -0.3 is 10.2 Å². The van der Waals surface area contributed by atoms with Crippen molar-refractivity contribution in [2.45, 2.75) is 45.6 Å². The molecule has 1 aliphatic carbocycles. The molecule has 78 valence electrons. The molecule has 4 atom stereocenters. The van der Waals surface area contributed by atoms with Gasteiger partial charge in [-0.25, -0.2) is 0 Å². The first-order valence-electron chi connectivity index (χ1n) is 5.48. The molecule has 1 unspecified atom stereocenters. The van der Waals surface area contributed by atoms with Crippen LogP contribution in [0.5, 0.6) is 0 Å². The van der Waals surface area contributed by atoms with E-state index >= 15 is 0 Å². The molecule has 0 radical (unpaired) electrons. The molecule has 1 saturated carbocycles. The van der Waals surface area contributed by atoms with E-state index in [9.17, 15) is 5.11 Å². The highest BCUT2D eigenvalue weighted by atomic mass is 16.3. The first-order valence-corrected chi connectivity index (χ1v) is 5.48. The van der Waals surface area contributed by atoms with Crippen LogP contribution in [0.25, 0.3) is 0 Å². The first kappa shape index (κ1) is 11.0. The minimum atomic E-state index is -0.180. The highest BCUT2D eigenvalue weighted by molar-refractivity contribution is 4.82. The molecule has 0 saturated heterocycles. The number of hydrogen-bond acceptors (Lipinski definition) is 2. The molecule has 0 spiro atoms. The fourth-order valence-corrected chi connectivity index (χ4v) is 2.49. The van der Waals surface area contributed by atoms with Crippen molar-refractivity contribution in [1.29, 1.82) is 0 Å². The van der Waals surface area contributed by atoms with Crippen molar-refractivity contribution in [2.75, 3.05) is 6.61 Å². The summed E-state index contributed by atoms with van der Waals surface area (Å²) in [6, 6.07) is 0. The molecule has 0 aromatic carbocycles. The number of aliphatic hydroxyl groups excluding tert-OH is 2. The van der Waals surface area contributed by atoms with E-state index in [1.165, 1.54) is 6.42 Å². The van der Waals surface area contributed by atoms with Crippen molar-refractivity contribution in [2.24, 2.45) is 17.8 Å². The largest absolute Gasteiger partial charge is 0.396 e. The van der Waals surface area contributed by atoms with E-state index in [-0.39, 0.29) is 12.7 Å². The molecule has 1 rings (SSSR count). The van der Waals surface area contributed by atoms with Crippen LogP contribution in [0.1, 0.15) is 39.5 Å². The third kappa shape index (κ3) is 2.68. The van der Waals surface area contributed by atoms with Gasteiger partial charge in [-0.15, -0.1) is 0 Å². The molecule has 13 heavy (non-hydrogen) atoms. The number of rotatable bonds is 3. The van der Waals surface area contributed by atoms with Gasteiger partial charge >= 0.3 is 0 Å². The van der Waals surface area contributed by atoms with Crippen LogP contribution in [0.15, 0.2) is 0 Å². The monoisotopic (exact) mass is 186 g/mol. The zero-order chi connectivity index (χ0) is 9.84. The molecular weight excluding hydrogens is 164 g/mol. The van der Waals surface area contributed by atoms with E-state index in [4.69, 9.17) is 5.11 Å². The smallest absolute Gasteiger partial charge is 0.0574 e. The number of hydrogen-bond donors (Lipinski definition) is 2. The van der Waals surface area contributed by atoms with Crippen LogP contribution in [-0.4, -0.2) is 22.9 Å². The van der Waals surface area contributed by atoms with Crippen LogP contribution in [-0.2, 0) is 0 Å². The lowest BCUT2D eigenvalue weighted by atomic mass is 9.74. The van der Waals surface area contributed by atoms with Gasteiger partial charge in [0.2, 0.25) is 0 Å². The molecule has 0 bridgehead atoms. The molecule has 2 N–H and O–H groups in total. The van der Waals surface area contributed by atoms with Crippen molar-refractivity contribution >= 4 is 0 Å². The Morgan fingerprint density at radius 3 is 2.54 bits per heavy atom. The molecule has 1 fully saturated rings.